The first-order chi connectivity index (χ1) is 29.2. The predicted octanol–water partition coefficient (Wildman–Crippen LogP) is 0.198. The summed E-state index contributed by atoms with van der Waals surface area (Å²) in [4.78, 5) is 127. The summed E-state index contributed by atoms with van der Waals surface area (Å²) < 4.78 is 10.5. The molecule has 2 unspecified atom stereocenters. The summed E-state index contributed by atoms with van der Waals surface area (Å²) in [6.07, 6.45) is 0.242. The van der Waals surface area contributed by atoms with E-state index in [0.29, 0.717) is 37.0 Å². The number of carboxylic acid groups (broad SMARTS) is 1. The molecule has 1 aliphatic rings. The number of imide groups is 2. The summed E-state index contributed by atoms with van der Waals surface area (Å²) in [6.45, 7) is 6.92. The Hall–Kier alpha value is -6.15. The molecule has 0 bridgehead atoms. The van der Waals surface area contributed by atoms with Crippen LogP contribution < -0.4 is 22.9 Å². The lowest BCUT2D eigenvalue weighted by atomic mass is 9.69. The van der Waals surface area contributed by atoms with Crippen LogP contribution in [0.25, 0.3) is 11.1 Å². The number of Topliss-reactive ketones (excluding diaryl/α,β-unsaturated/α-hetero) is 1. The molecule has 2 aromatic rings. The number of aliphatic carboxylic acids is 1. The fourth-order valence-corrected chi connectivity index (χ4v) is 7.90. The van der Waals surface area contributed by atoms with Gasteiger partial charge in [-0.05, 0) is 75.8 Å². The van der Waals surface area contributed by atoms with Gasteiger partial charge in [0.05, 0.1) is 38.6 Å². The molecule has 0 heterocycles. The Bertz CT molecular complexity index is 2010. The summed E-state index contributed by atoms with van der Waals surface area (Å²) in [6, 6.07) is 7.94. The summed E-state index contributed by atoms with van der Waals surface area (Å²) in [7, 11) is 0.926. The zero-order chi connectivity index (χ0) is 46.7. The second kappa shape index (κ2) is 21.6. The zero-order valence-electron chi connectivity index (χ0n) is 35.6. The first-order valence-electron chi connectivity index (χ1n) is 19.9. The lowest BCUT2D eigenvalue weighted by molar-refractivity contribution is -0.182. The van der Waals surface area contributed by atoms with E-state index in [1.165, 1.54) is 26.8 Å². The minimum atomic E-state index is -2.66. The molecule has 19 nitrogen and oxygen atoms in total. The molecule has 1 aliphatic carbocycles. The van der Waals surface area contributed by atoms with Crippen LogP contribution in [0.1, 0.15) is 70.4 Å². The first-order valence-corrected chi connectivity index (χ1v) is 19.9. The third-order valence-electron chi connectivity index (χ3n) is 10.7. The molecule has 0 fully saturated rings. The van der Waals surface area contributed by atoms with Gasteiger partial charge in [-0.25, -0.2) is 4.79 Å². The number of carboxylic acids is 1. The largest absolute Gasteiger partial charge is 0.481 e. The van der Waals surface area contributed by atoms with Gasteiger partial charge in [-0.3, -0.25) is 48.2 Å². The average Bonchev–Trinajstić information content (AvgIpc) is 3.55. The molecule has 9 N–H and O–H groups in total. The molecule has 62 heavy (non-hydrogen) atoms. The lowest BCUT2D eigenvalue weighted by Gasteiger charge is -2.46. The standard InChI is InChI=1S/C43H57N7O12/c1-7-20-48(31(52)22-45)36(40(59)61-6)39(58)49(32(53)23-46)30(18-12-13-19-44)38(57)50(42(2,3)4)41(60)43(5,62-24-51)35(37(56)29(47)21-33(54)55)34-27-16-10-8-14-25(27)26-15-9-11-17-28(26)34/h7-11,14-17,24,29-30,34-36H,1,12-13,18-23,44-47H2,2-6H3,(H,54,55)/t29-,30-,35?,36+,43?/m0/s1. The van der Waals surface area contributed by atoms with E-state index in [9.17, 15) is 38.7 Å². The highest BCUT2D eigenvalue weighted by molar-refractivity contribution is 6.14. The maximum absolute atomic E-state index is 15.6. The molecule has 5 atom stereocenters. The van der Waals surface area contributed by atoms with Crippen LogP contribution in [-0.2, 0) is 52.6 Å². The quantitative estimate of drug-likeness (QED) is 0.0347. The van der Waals surface area contributed by atoms with E-state index in [4.69, 9.17) is 32.4 Å². The molecular formula is C43H57N7O12. The molecule has 19 heteroatoms. The highest BCUT2D eigenvalue weighted by atomic mass is 16.5. The molecule has 0 aliphatic heterocycles. The van der Waals surface area contributed by atoms with Crippen LogP contribution in [0.2, 0.25) is 0 Å². The number of amides is 5. The molecule has 5 amide bonds. The summed E-state index contributed by atoms with van der Waals surface area (Å²) >= 11 is 0. The summed E-state index contributed by atoms with van der Waals surface area (Å²) in [5.74, 6) is -12.8. The molecule has 336 valence electrons. The molecule has 0 aromatic heterocycles. The van der Waals surface area contributed by atoms with E-state index in [2.05, 4.69) is 6.58 Å². The minimum Gasteiger partial charge on any atom is -0.481 e. The van der Waals surface area contributed by atoms with Gasteiger partial charge in [0, 0.05) is 18.0 Å². The van der Waals surface area contributed by atoms with Crippen LogP contribution in [0.5, 0.6) is 0 Å². The van der Waals surface area contributed by atoms with Crippen molar-refractivity contribution < 1.29 is 57.7 Å². The van der Waals surface area contributed by atoms with Crippen LogP contribution in [0, 0.1) is 5.92 Å². The number of carbonyl (C=O) groups excluding carboxylic acids is 8. The van der Waals surface area contributed by atoms with Crippen LogP contribution in [-0.4, -0.2) is 136 Å². The number of hydrogen-bond donors (Lipinski definition) is 5. The monoisotopic (exact) mass is 863 g/mol. The van der Waals surface area contributed by atoms with Gasteiger partial charge in [0.2, 0.25) is 17.9 Å². The van der Waals surface area contributed by atoms with Crippen molar-refractivity contribution in [2.45, 2.75) is 88.6 Å². The Morgan fingerprint density at radius 2 is 1.40 bits per heavy atom. The van der Waals surface area contributed by atoms with Crippen molar-refractivity contribution in [2.75, 3.05) is 33.3 Å². The molecule has 0 saturated carbocycles. The number of rotatable bonds is 22. The van der Waals surface area contributed by atoms with Gasteiger partial charge in [0.25, 0.3) is 24.2 Å². The van der Waals surface area contributed by atoms with Crippen molar-refractivity contribution in [1.29, 1.82) is 0 Å². The Kier molecular flexibility index (Phi) is 17.5. The number of esters is 1. The second-order valence-electron chi connectivity index (χ2n) is 15.8. The Morgan fingerprint density at radius 3 is 1.85 bits per heavy atom. The van der Waals surface area contributed by atoms with Gasteiger partial charge < -0.3 is 42.4 Å². The lowest BCUT2D eigenvalue weighted by Crippen LogP contribution is -2.68. The van der Waals surface area contributed by atoms with Gasteiger partial charge in [-0.2, -0.15) is 0 Å². The average molecular weight is 864 g/mol. The highest BCUT2D eigenvalue weighted by Gasteiger charge is 2.59. The van der Waals surface area contributed by atoms with Crippen molar-refractivity contribution in [2.24, 2.45) is 28.9 Å². The smallest absolute Gasteiger partial charge is 0.338 e. The number of fused-ring (bicyclic) bond motifs is 3. The van der Waals surface area contributed by atoms with E-state index >= 15 is 9.59 Å². The minimum absolute atomic E-state index is 0.0601. The van der Waals surface area contributed by atoms with E-state index in [1.54, 1.807) is 48.5 Å². The number of methoxy groups -OCH3 is 1. The van der Waals surface area contributed by atoms with Crippen molar-refractivity contribution >= 4 is 53.7 Å². The predicted molar refractivity (Wildman–Crippen MR) is 224 cm³/mol. The number of benzene rings is 2. The summed E-state index contributed by atoms with van der Waals surface area (Å²) in [5, 5.41) is 9.71. The second-order valence-corrected chi connectivity index (χ2v) is 15.8. The van der Waals surface area contributed by atoms with Crippen LogP contribution in [0.4, 0.5) is 0 Å². The van der Waals surface area contributed by atoms with Crippen LogP contribution in [0.3, 0.4) is 0 Å². The van der Waals surface area contributed by atoms with Gasteiger partial charge in [-0.15, -0.1) is 6.58 Å². The van der Waals surface area contributed by atoms with Crippen molar-refractivity contribution in [3.05, 3.63) is 72.3 Å². The van der Waals surface area contributed by atoms with E-state index < -0.39 is 114 Å². The number of nitrogens with zero attached hydrogens (tertiary/aromatic N) is 3. The fraction of sp³-hybridized carbons (Fsp3) is 0.465. The topological polar surface area (TPSA) is 306 Å². The Balaban J connectivity index is 2.42. The maximum atomic E-state index is 15.6. The first kappa shape index (κ1) is 50.2. The van der Waals surface area contributed by atoms with Gasteiger partial charge in [-0.1, -0.05) is 54.6 Å². The molecule has 3 rings (SSSR count). The van der Waals surface area contributed by atoms with Crippen molar-refractivity contribution in [3.8, 4) is 11.1 Å². The number of ketones is 1. The van der Waals surface area contributed by atoms with Crippen LogP contribution in [0.15, 0.2) is 61.2 Å². The molecule has 0 radical (unpaired) electrons. The normalized spacial score (nSPS) is 14.9. The highest BCUT2D eigenvalue weighted by Crippen LogP contribution is 2.52. The molecule has 0 saturated heterocycles. The third kappa shape index (κ3) is 10.5. The van der Waals surface area contributed by atoms with E-state index in [-0.39, 0.29) is 32.3 Å². The zero-order valence-corrected chi connectivity index (χ0v) is 35.6. The van der Waals surface area contributed by atoms with Gasteiger partial charge in [0.15, 0.2) is 11.4 Å². The van der Waals surface area contributed by atoms with Crippen molar-refractivity contribution in [3.63, 3.8) is 0 Å². The Morgan fingerprint density at radius 1 is 0.855 bits per heavy atom. The van der Waals surface area contributed by atoms with Gasteiger partial charge >= 0.3 is 11.9 Å². The molecular weight excluding hydrogens is 807 g/mol. The third-order valence-corrected chi connectivity index (χ3v) is 10.7. The fourth-order valence-electron chi connectivity index (χ4n) is 7.90. The number of nitrogens with two attached hydrogens (primary N) is 4. The SMILES string of the molecule is C=CCN(C(=O)CN)[C@@H](C(=O)OC)C(=O)N(C(=O)CN)[C@@H](CCCCN)C(=O)N(C(=O)C(C)(OC=O)C(C(=O)[C@@H](N)CC(=O)O)C1c2ccccc2-c2ccccc21)C(C)(C)C. The van der Waals surface area contributed by atoms with Crippen molar-refractivity contribution in [1.82, 2.24) is 14.7 Å². The summed E-state index contributed by atoms with van der Waals surface area (Å²) in [5.41, 5.74) is 21.5. The number of hydrogen-bond acceptors (Lipinski definition) is 15. The molecule has 0 spiro atoms. The van der Waals surface area contributed by atoms with Crippen LogP contribution >= 0.6 is 0 Å². The van der Waals surface area contributed by atoms with E-state index in [0.717, 1.165) is 14.0 Å². The van der Waals surface area contributed by atoms with Gasteiger partial charge in [0.1, 0.15) is 6.04 Å². The molecule has 2 aromatic carbocycles. The van der Waals surface area contributed by atoms with E-state index in [1.807, 2.05) is 0 Å². The maximum Gasteiger partial charge on any atom is 0.338 e. The number of carbonyl (C=O) groups is 9. The number of unbranched alkanes of at least 4 members (excludes halogenated alkanes) is 1. The Labute approximate surface area is 359 Å². The number of ether oxygens (including phenoxy) is 2.